The number of hydrogen-bond acceptors (Lipinski definition) is 4. The summed E-state index contributed by atoms with van der Waals surface area (Å²) in [5, 5.41) is 9.69. The van der Waals surface area contributed by atoms with E-state index in [1.54, 1.807) is 0 Å². The number of hydrogen-bond donors (Lipinski definition) is 0. The van der Waals surface area contributed by atoms with Gasteiger partial charge in [-0.3, -0.25) is 4.57 Å². The molecule has 1 aromatic heterocycles. The predicted molar refractivity (Wildman–Crippen MR) is 93.5 cm³/mol. The highest BCUT2D eigenvalue weighted by Gasteiger charge is 2.23. The highest BCUT2D eigenvalue weighted by Crippen LogP contribution is 2.24. The molecule has 0 bridgehead atoms. The molecule has 1 fully saturated rings. The van der Waals surface area contributed by atoms with Crippen molar-refractivity contribution in [3.63, 3.8) is 0 Å². The molecule has 6 heteroatoms. The molecule has 2 aromatic rings. The Bertz CT molecular complexity index is 675. The van der Waals surface area contributed by atoms with Gasteiger partial charge in [0.15, 0.2) is 0 Å². The van der Waals surface area contributed by atoms with Crippen LogP contribution in [0, 0.1) is 0 Å². The molecule has 0 N–H and O–H groups in total. The lowest BCUT2D eigenvalue weighted by atomic mass is 10.2. The van der Waals surface area contributed by atoms with Crippen LogP contribution in [0.25, 0.3) is 0 Å². The van der Waals surface area contributed by atoms with Gasteiger partial charge in [-0.05, 0) is 31.0 Å². The number of benzene rings is 1. The minimum Gasteiger partial charge on any atom is -0.368 e. The van der Waals surface area contributed by atoms with E-state index in [1.807, 2.05) is 18.2 Å². The van der Waals surface area contributed by atoms with Crippen LogP contribution in [0.3, 0.4) is 0 Å². The SMILES string of the molecule is Clc1cccc(N2CCN(c3nnc4n3CCCCC4)CC2)c1. The third kappa shape index (κ3) is 3.02. The second-order valence-corrected chi connectivity index (χ2v) is 6.77. The van der Waals surface area contributed by atoms with E-state index >= 15 is 0 Å². The highest BCUT2D eigenvalue weighted by molar-refractivity contribution is 6.30. The molecule has 2 aliphatic rings. The van der Waals surface area contributed by atoms with Crippen molar-refractivity contribution in [1.82, 2.24) is 14.8 Å². The smallest absolute Gasteiger partial charge is 0.227 e. The van der Waals surface area contributed by atoms with E-state index in [1.165, 1.54) is 24.9 Å². The summed E-state index contributed by atoms with van der Waals surface area (Å²) in [6.07, 6.45) is 4.84. The number of fused-ring (bicyclic) bond motifs is 1. The fourth-order valence-electron chi connectivity index (χ4n) is 3.54. The monoisotopic (exact) mass is 331 g/mol. The Morgan fingerprint density at radius 1 is 0.870 bits per heavy atom. The molecule has 5 nitrogen and oxygen atoms in total. The summed E-state index contributed by atoms with van der Waals surface area (Å²) in [5.74, 6) is 2.22. The normalized spacial score (nSPS) is 18.7. The second-order valence-electron chi connectivity index (χ2n) is 6.33. The number of piperazine rings is 1. The van der Waals surface area contributed by atoms with Crippen molar-refractivity contribution >= 4 is 23.2 Å². The summed E-state index contributed by atoms with van der Waals surface area (Å²) >= 11 is 6.11. The van der Waals surface area contributed by atoms with Gasteiger partial charge in [0, 0.05) is 49.9 Å². The summed E-state index contributed by atoms with van der Waals surface area (Å²) in [6, 6.07) is 8.11. The molecule has 4 rings (SSSR count). The summed E-state index contributed by atoms with van der Waals surface area (Å²) in [4.78, 5) is 4.77. The van der Waals surface area contributed by atoms with Crippen LogP contribution in [0.2, 0.25) is 5.02 Å². The van der Waals surface area contributed by atoms with Crippen LogP contribution < -0.4 is 9.80 Å². The zero-order valence-corrected chi connectivity index (χ0v) is 14.0. The molecule has 0 spiro atoms. The maximum atomic E-state index is 6.11. The third-order valence-electron chi connectivity index (χ3n) is 4.83. The van der Waals surface area contributed by atoms with Crippen molar-refractivity contribution in [1.29, 1.82) is 0 Å². The van der Waals surface area contributed by atoms with Crippen LogP contribution in [0.15, 0.2) is 24.3 Å². The van der Waals surface area contributed by atoms with Crippen LogP contribution in [-0.4, -0.2) is 40.9 Å². The number of aryl methyl sites for hydroxylation is 1. The Labute approximate surface area is 141 Å². The molecule has 0 radical (unpaired) electrons. The van der Waals surface area contributed by atoms with Crippen molar-refractivity contribution < 1.29 is 0 Å². The number of rotatable bonds is 2. The zero-order chi connectivity index (χ0) is 15.6. The summed E-state index contributed by atoms with van der Waals surface area (Å²) < 4.78 is 2.34. The Morgan fingerprint density at radius 3 is 2.52 bits per heavy atom. The molecule has 122 valence electrons. The number of nitrogens with zero attached hydrogens (tertiary/aromatic N) is 5. The summed E-state index contributed by atoms with van der Waals surface area (Å²) in [5.41, 5.74) is 1.21. The number of halogens is 1. The Hall–Kier alpha value is -1.75. The van der Waals surface area contributed by atoms with Crippen molar-refractivity contribution in [2.24, 2.45) is 0 Å². The van der Waals surface area contributed by atoms with Gasteiger partial charge >= 0.3 is 0 Å². The van der Waals surface area contributed by atoms with Gasteiger partial charge in [0.2, 0.25) is 5.95 Å². The highest BCUT2D eigenvalue weighted by atomic mass is 35.5. The minimum absolute atomic E-state index is 0.799. The molecule has 0 amide bonds. The molecule has 0 atom stereocenters. The number of anilines is 2. The van der Waals surface area contributed by atoms with E-state index < -0.39 is 0 Å². The quantitative estimate of drug-likeness (QED) is 0.848. The first kappa shape index (κ1) is 14.8. The van der Waals surface area contributed by atoms with Crippen molar-refractivity contribution in [3.05, 3.63) is 35.1 Å². The lowest BCUT2D eigenvalue weighted by Crippen LogP contribution is -2.47. The third-order valence-corrected chi connectivity index (χ3v) is 5.06. The van der Waals surface area contributed by atoms with Crippen molar-refractivity contribution in [2.75, 3.05) is 36.0 Å². The van der Waals surface area contributed by atoms with Crippen molar-refractivity contribution in [2.45, 2.75) is 32.2 Å². The lowest BCUT2D eigenvalue weighted by Gasteiger charge is -2.36. The number of aromatic nitrogens is 3. The van der Waals surface area contributed by atoms with Gasteiger partial charge in [0.1, 0.15) is 5.82 Å². The molecule has 0 aliphatic carbocycles. The molecule has 0 unspecified atom stereocenters. The molecule has 2 aliphatic heterocycles. The van der Waals surface area contributed by atoms with Crippen LogP contribution in [-0.2, 0) is 13.0 Å². The zero-order valence-electron chi connectivity index (χ0n) is 13.3. The Kier molecular flexibility index (Phi) is 4.12. The topological polar surface area (TPSA) is 37.2 Å². The maximum Gasteiger partial charge on any atom is 0.227 e. The fourth-order valence-corrected chi connectivity index (χ4v) is 3.73. The van der Waals surface area contributed by atoms with Crippen LogP contribution in [0.4, 0.5) is 11.6 Å². The second kappa shape index (κ2) is 6.40. The summed E-state index contributed by atoms with van der Waals surface area (Å²) in [7, 11) is 0. The van der Waals surface area contributed by atoms with Crippen LogP contribution >= 0.6 is 11.6 Å². The van der Waals surface area contributed by atoms with Gasteiger partial charge in [0.25, 0.3) is 0 Å². The van der Waals surface area contributed by atoms with Gasteiger partial charge in [-0.1, -0.05) is 24.1 Å². The molecule has 3 heterocycles. The average Bonchev–Trinajstić information content (AvgIpc) is 2.83. The maximum absolute atomic E-state index is 6.11. The first-order chi connectivity index (χ1) is 11.3. The van der Waals surface area contributed by atoms with Gasteiger partial charge < -0.3 is 9.80 Å². The summed E-state index contributed by atoms with van der Waals surface area (Å²) in [6.45, 7) is 4.99. The van der Waals surface area contributed by atoms with Gasteiger partial charge in [-0.25, -0.2) is 0 Å². The first-order valence-corrected chi connectivity index (χ1v) is 8.86. The average molecular weight is 332 g/mol. The molecular weight excluding hydrogens is 310 g/mol. The van der Waals surface area contributed by atoms with Gasteiger partial charge in [-0.15, -0.1) is 10.2 Å². The van der Waals surface area contributed by atoms with E-state index in [2.05, 4.69) is 30.6 Å². The molecule has 23 heavy (non-hydrogen) atoms. The standard InChI is InChI=1S/C17H22ClN5/c18-14-5-4-6-15(13-14)21-9-11-22(12-10-21)17-20-19-16-7-2-1-3-8-23(16)17/h4-6,13H,1-3,7-12H2. The van der Waals surface area contributed by atoms with Crippen molar-refractivity contribution in [3.8, 4) is 0 Å². The van der Waals surface area contributed by atoms with E-state index in [4.69, 9.17) is 11.6 Å². The van der Waals surface area contributed by atoms with Crippen LogP contribution in [0.5, 0.6) is 0 Å². The van der Waals surface area contributed by atoms with Gasteiger partial charge in [0.05, 0.1) is 0 Å². The molecule has 1 aromatic carbocycles. The van der Waals surface area contributed by atoms with Crippen LogP contribution in [0.1, 0.15) is 25.1 Å². The van der Waals surface area contributed by atoms with E-state index in [0.29, 0.717) is 0 Å². The molecule has 1 saturated heterocycles. The van der Waals surface area contributed by atoms with E-state index in [-0.39, 0.29) is 0 Å². The molecular formula is C17H22ClN5. The lowest BCUT2D eigenvalue weighted by molar-refractivity contribution is 0.590. The largest absolute Gasteiger partial charge is 0.368 e. The van der Waals surface area contributed by atoms with E-state index in [0.717, 1.165) is 55.9 Å². The Morgan fingerprint density at radius 2 is 1.70 bits per heavy atom. The first-order valence-electron chi connectivity index (χ1n) is 8.49. The van der Waals surface area contributed by atoms with E-state index in [9.17, 15) is 0 Å². The minimum atomic E-state index is 0.799. The fraction of sp³-hybridized carbons (Fsp3) is 0.529. The predicted octanol–water partition coefficient (Wildman–Crippen LogP) is 2.98. The Balaban J connectivity index is 1.47. The molecule has 0 saturated carbocycles. The van der Waals surface area contributed by atoms with Gasteiger partial charge in [-0.2, -0.15) is 0 Å².